The van der Waals surface area contributed by atoms with Crippen LogP contribution in [0.1, 0.15) is 35.8 Å². The predicted octanol–water partition coefficient (Wildman–Crippen LogP) is 5.89. The summed E-state index contributed by atoms with van der Waals surface area (Å²) in [5, 5.41) is 13.9. The molecule has 1 aliphatic rings. The number of furan rings is 1. The van der Waals surface area contributed by atoms with Crippen molar-refractivity contribution in [2.75, 3.05) is 0 Å². The Bertz CT molecular complexity index is 1890. The van der Waals surface area contributed by atoms with Gasteiger partial charge in [-0.1, -0.05) is 23.2 Å². The van der Waals surface area contributed by atoms with E-state index in [1.807, 2.05) is 42.2 Å². The number of aromatic nitrogens is 4. The zero-order chi connectivity index (χ0) is 26.6. The van der Waals surface area contributed by atoms with E-state index >= 15 is 0 Å². The summed E-state index contributed by atoms with van der Waals surface area (Å²) in [5.74, 6) is 2.93. The molecule has 0 saturated heterocycles. The number of halogens is 2. The largest absolute Gasteiger partial charge is 0.459 e. The van der Waals surface area contributed by atoms with E-state index in [0.717, 1.165) is 38.4 Å². The number of benzene rings is 2. The molecule has 11 heteroatoms. The third kappa shape index (κ3) is 4.34. The van der Waals surface area contributed by atoms with Gasteiger partial charge in [0.05, 0.1) is 21.2 Å². The average molecular weight is 546 g/mol. The Morgan fingerprint density at radius 2 is 1.87 bits per heavy atom. The highest BCUT2D eigenvalue weighted by Crippen LogP contribution is 2.42. The van der Waals surface area contributed by atoms with Gasteiger partial charge in [0.25, 0.3) is 5.56 Å². The van der Waals surface area contributed by atoms with Crippen LogP contribution >= 0.6 is 23.2 Å². The van der Waals surface area contributed by atoms with E-state index in [0.29, 0.717) is 11.7 Å². The second kappa shape index (κ2) is 9.17. The third-order valence-corrected chi connectivity index (χ3v) is 6.79. The molecule has 0 unspecified atom stereocenters. The molecule has 0 spiro atoms. The second-order valence-corrected chi connectivity index (χ2v) is 9.77. The van der Waals surface area contributed by atoms with Crippen LogP contribution in [-0.4, -0.2) is 19.7 Å². The summed E-state index contributed by atoms with van der Waals surface area (Å²) in [6, 6.07) is 15.8. The number of nitrogens with zero attached hydrogens (tertiary/aromatic N) is 4. The van der Waals surface area contributed by atoms with Crippen molar-refractivity contribution in [1.29, 1.82) is 5.26 Å². The molecule has 1 saturated carbocycles. The van der Waals surface area contributed by atoms with Crippen molar-refractivity contribution < 1.29 is 9.15 Å². The smallest absolute Gasteiger partial charge is 0.349 e. The first-order chi connectivity index (χ1) is 18.3. The number of ether oxygens (including phenoxy) is 1. The maximum absolute atomic E-state index is 12.2. The molecule has 0 amide bonds. The Labute approximate surface area is 224 Å². The molecule has 6 rings (SSSR count). The van der Waals surface area contributed by atoms with E-state index in [-0.39, 0.29) is 21.5 Å². The van der Waals surface area contributed by atoms with E-state index in [2.05, 4.69) is 5.10 Å². The first-order valence-electron chi connectivity index (χ1n) is 11.6. The molecule has 0 atom stereocenters. The van der Waals surface area contributed by atoms with E-state index < -0.39 is 16.9 Å². The minimum absolute atomic E-state index is 0.0977. The highest BCUT2D eigenvalue weighted by atomic mass is 35.5. The zero-order valence-electron chi connectivity index (χ0n) is 19.8. The molecule has 1 fully saturated rings. The molecular weight excluding hydrogens is 529 g/mol. The van der Waals surface area contributed by atoms with Crippen molar-refractivity contribution in [1.82, 2.24) is 19.7 Å². The fourth-order valence-electron chi connectivity index (χ4n) is 4.17. The molecule has 3 heterocycles. The average Bonchev–Trinajstić information content (AvgIpc) is 3.62. The van der Waals surface area contributed by atoms with Crippen LogP contribution in [0.5, 0.6) is 11.5 Å². The summed E-state index contributed by atoms with van der Waals surface area (Å²) in [5.41, 5.74) is 0.485. The molecule has 1 aliphatic carbocycles. The van der Waals surface area contributed by atoms with Crippen LogP contribution in [0.4, 0.5) is 0 Å². The van der Waals surface area contributed by atoms with Gasteiger partial charge >= 0.3 is 5.69 Å². The Hall–Kier alpha value is -4.39. The maximum atomic E-state index is 12.2. The number of fused-ring (bicyclic) bond motifs is 1. The topological polar surface area (TPSA) is 127 Å². The number of rotatable bonds is 5. The van der Waals surface area contributed by atoms with E-state index in [4.69, 9.17) is 42.6 Å². The lowest BCUT2D eigenvalue weighted by Gasteiger charge is -2.13. The number of hydrogen-bond donors (Lipinski definition) is 1. The third-order valence-electron chi connectivity index (χ3n) is 6.23. The van der Waals surface area contributed by atoms with Gasteiger partial charge in [-0.25, -0.2) is 9.78 Å². The molecule has 38 heavy (non-hydrogen) atoms. The number of pyridine rings is 1. The van der Waals surface area contributed by atoms with Gasteiger partial charge < -0.3 is 9.15 Å². The van der Waals surface area contributed by atoms with E-state index in [9.17, 15) is 9.59 Å². The van der Waals surface area contributed by atoms with E-state index in [1.54, 1.807) is 12.1 Å². The SMILES string of the molecule is Cc1cc(-c2ccc(C3CC3)o2)nc2ccc(Oc3c(Cl)cc(-n4nc(C#N)c(=O)[nH]c4=O)cc3Cl)cc12. The minimum Gasteiger partial charge on any atom is -0.459 e. The molecule has 1 N–H and O–H groups in total. The number of nitrogens with one attached hydrogen (secondary N) is 1. The summed E-state index contributed by atoms with van der Waals surface area (Å²) in [7, 11) is 0. The summed E-state index contributed by atoms with van der Waals surface area (Å²) in [6.07, 6.45) is 2.34. The van der Waals surface area contributed by atoms with Crippen molar-refractivity contribution in [3.63, 3.8) is 0 Å². The zero-order valence-corrected chi connectivity index (χ0v) is 21.3. The Balaban J connectivity index is 1.32. The van der Waals surface area contributed by atoms with Gasteiger partial charge in [0.2, 0.25) is 5.69 Å². The first kappa shape index (κ1) is 24.0. The van der Waals surface area contributed by atoms with Crippen molar-refractivity contribution in [3.8, 4) is 34.7 Å². The van der Waals surface area contributed by atoms with Crippen LogP contribution in [0.25, 0.3) is 28.0 Å². The summed E-state index contributed by atoms with van der Waals surface area (Å²) in [6.45, 7) is 1.99. The van der Waals surface area contributed by atoms with Crippen LogP contribution in [0.2, 0.25) is 10.0 Å². The van der Waals surface area contributed by atoms with Crippen molar-refractivity contribution >= 4 is 34.1 Å². The summed E-state index contributed by atoms with van der Waals surface area (Å²) >= 11 is 12.9. The number of aryl methyl sites for hydroxylation is 1. The van der Waals surface area contributed by atoms with Gasteiger partial charge in [0, 0.05) is 11.3 Å². The number of nitriles is 1. The van der Waals surface area contributed by atoms with Crippen LogP contribution in [-0.2, 0) is 0 Å². The molecule has 5 aromatic rings. The minimum atomic E-state index is -0.883. The van der Waals surface area contributed by atoms with Crippen LogP contribution in [0.15, 0.2) is 62.5 Å². The number of H-pyrrole nitrogens is 1. The molecule has 3 aromatic heterocycles. The first-order valence-corrected chi connectivity index (χ1v) is 12.4. The fraction of sp³-hybridized carbons (Fsp3) is 0.148. The predicted molar refractivity (Wildman–Crippen MR) is 141 cm³/mol. The molecule has 0 bridgehead atoms. The standard InChI is InChI=1S/C27H17Cl2N5O4/c1-13-8-21(24-7-6-23(38-24)14-2-3-14)31-20-5-4-16(11-17(13)20)37-25-18(28)9-15(10-19(25)29)34-27(36)32-26(35)22(12-30)33-34/h4-11,14H,2-3H2,1H3,(H,32,35,36). The highest BCUT2D eigenvalue weighted by Gasteiger charge is 2.27. The Morgan fingerprint density at radius 3 is 2.58 bits per heavy atom. The molecule has 188 valence electrons. The van der Waals surface area contributed by atoms with Gasteiger partial charge in [-0.15, -0.1) is 5.10 Å². The van der Waals surface area contributed by atoms with Gasteiger partial charge in [0.15, 0.2) is 11.5 Å². The monoisotopic (exact) mass is 545 g/mol. The Kier molecular flexibility index (Phi) is 5.79. The molecule has 9 nitrogen and oxygen atoms in total. The molecule has 2 aromatic carbocycles. The van der Waals surface area contributed by atoms with Crippen molar-refractivity contribution in [3.05, 3.63) is 96.4 Å². The van der Waals surface area contributed by atoms with Crippen LogP contribution in [0.3, 0.4) is 0 Å². The van der Waals surface area contributed by atoms with Crippen LogP contribution in [0, 0.1) is 18.3 Å². The van der Waals surface area contributed by atoms with Gasteiger partial charge in [0.1, 0.15) is 23.3 Å². The summed E-state index contributed by atoms with van der Waals surface area (Å²) < 4.78 is 12.9. The lowest BCUT2D eigenvalue weighted by atomic mass is 10.1. The normalized spacial score (nSPS) is 13.0. The molecule has 0 aliphatic heterocycles. The Morgan fingerprint density at radius 1 is 1.11 bits per heavy atom. The van der Waals surface area contributed by atoms with Crippen LogP contribution < -0.4 is 16.0 Å². The van der Waals surface area contributed by atoms with Crippen molar-refractivity contribution in [2.24, 2.45) is 0 Å². The maximum Gasteiger partial charge on any atom is 0.349 e. The van der Waals surface area contributed by atoms with Gasteiger partial charge in [-0.3, -0.25) is 9.78 Å². The van der Waals surface area contributed by atoms with Gasteiger partial charge in [-0.05, 0) is 73.9 Å². The van der Waals surface area contributed by atoms with Crippen molar-refractivity contribution in [2.45, 2.75) is 25.7 Å². The number of hydrogen-bond acceptors (Lipinski definition) is 7. The fourth-order valence-corrected chi connectivity index (χ4v) is 4.73. The molecule has 0 radical (unpaired) electrons. The molecular formula is C27H17Cl2N5O4. The quantitative estimate of drug-likeness (QED) is 0.291. The van der Waals surface area contributed by atoms with Gasteiger partial charge in [-0.2, -0.15) is 9.94 Å². The second-order valence-electron chi connectivity index (χ2n) is 8.95. The highest BCUT2D eigenvalue weighted by molar-refractivity contribution is 6.37. The lowest BCUT2D eigenvalue weighted by Crippen LogP contribution is -2.33. The van der Waals surface area contributed by atoms with E-state index in [1.165, 1.54) is 25.0 Å². The lowest BCUT2D eigenvalue weighted by molar-refractivity contribution is 0.483. The summed E-state index contributed by atoms with van der Waals surface area (Å²) in [4.78, 5) is 30.7. The number of aromatic amines is 1.